The Hall–Kier alpha value is -1.34. The lowest BCUT2D eigenvalue weighted by Gasteiger charge is -2.21. The normalized spacial score (nSPS) is 38.9. The first kappa shape index (κ1) is 13.6. The van der Waals surface area contributed by atoms with Crippen LogP contribution in [0, 0.1) is 0 Å². The van der Waals surface area contributed by atoms with Crippen LogP contribution < -0.4 is 10.6 Å². The third-order valence-electron chi connectivity index (χ3n) is 4.30. The summed E-state index contributed by atoms with van der Waals surface area (Å²) in [5, 5.41) is 14.5. The van der Waals surface area contributed by atoms with Crippen LogP contribution >= 0.6 is 0 Å². The largest absolute Gasteiger partial charge is 0.479 e. The lowest BCUT2D eigenvalue weighted by molar-refractivity contribution is -0.149. The van der Waals surface area contributed by atoms with Crippen LogP contribution in [-0.4, -0.2) is 54.1 Å². The molecule has 20 heavy (non-hydrogen) atoms. The summed E-state index contributed by atoms with van der Waals surface area (Å²) in [5.41, 5.74) is 0. The molecule has 7 nitrogen and oxygen atoms in total. The van der Waals surface area contributed by atoms with E-state index in [1.54, 1.807) is 0 Å². The monoisotopic (exact) mass is 284 g/mol. The lowest BCUT2D eigenvalue weighted by atomic mass is 9.96. The van der Waals surface area contributed by atoms with Crippen molar-refractivity contribution < 1.29 is 24.2 Å². The Morgan fingerprint density at radius 2 is 2.00 bits per heavy atom. The summed E-state index contributed by atoms with van der Waals surface area (Å²) in [7, 11) is 0. The molecule has 3 heterocycles. The van der Waals surface area contributed by atoms with Crippen molar-refractivity contribution in [3.05, 3.63) is 0 Å². The van der Waals surface area contributed by atoms with Crippen LogP contribution in [0.1, 0.15) is 32.1 Å². The molecule has 0 aromatic rings. The molecule has 3 aliphatic heterocycles. The van der Waals surface area contributed by atoms with E-state index in [2.05, 4.69) is 10.6 Å². The number of aliphatic carboxylic acids is 1. The van der Waals surface area contributed by atoms with Crippen molar-refractivity contribution in [2.45, 2.75) is 62.6 Å². The highest BCUT2D eigenvalue weighted by Crippen LogP contribution is 2.34. The van der Waals surface area contributed by atoms with Gasteiger partial charge in [-0.2, -0.15) is 0 Å². The molecule has 0 aliphatic carbocycles. The third-order valence-corrected chi connectivity index (χ3v) is 4.30. The highest BCUT2D eigenvalue weighted by molar-refractivity contribution is 5.74. The van der Waals surface area contributed by atoms with Gasteiger partial charge in [-0.1, -0.05) is 0 Å². The van der Waals surface area contributed by atoms with Crippen molar-refractivity contribution in [3.8, 4) is 0 Å². The van der Waals surface area contributed by atoms with Crippen LogP contribution in [0.2, 0.25) is 0 Å². The second-order valence-corrected chi connectivity index (χ2v) is 5.73. The molecule has 3 saturated heterocycles. The lowest BCUT2D eigenvalue weighted by Crippen LogP contribution is -2.48. The molecule has 0 aromatic carbocycles. The van der Waals surface area contributed by atoms with E-state index < -0.39 is 12.1 Å². The number of carboxylic acids is 1. The van der Waals surface area contributed by atoms with E-state index in [1.807, 2.05) is 0 Å². The molecule has 0 radical (unpaired) electrons. The number of hydrogen-bond donors (Lipinski definition) is 3. The number of carboxylic acid groups (broad SMARTS) is 1. The molecular formula is C13H20N2O5. The van der Waals surface area contributed by atoms with Crippen LogP contribution in [0.15, 0.2) is 0 Å². The predicted molar refractivity (Wildman–Crippen MR) is 68.4 cm³/mol. The molecule has 5 atom stereocenters. The first-order chi connectivity index (χ1) is 9.61. The number of urea groups is 1. The van der Waals surface area contributed by atoms with Crippen molar-refractivity contribution in [3.63, 3.8) is 0 Å². The molecule has 0 spiro atoms. The quantitative estimate of drug-likeness (QED) is 0.687. The second-order valence-electron chi connectivity index (χ2n) is 5.73. The van der Waals surface area contributed by atoms with E-state index in [1.165, 1.54) is 0 Å². The smallest absolute Gasteiger partial charge is 0.332 e. The molecule has 7 heteroatoms. The van der Waals surface area contributed by atoms with E-state index in [4.69, 9.17) is 14.6 Å². The molecule has 3 N–H and O–H groups in total. The van der Waals surface area contributed by atoms with E-state index in [0.29, 0.717) is 25.5 Å². The number of amides is 2. The Morgan fingerprint density at radius 3 is 2.60 bits per heavy atom. The van der Waals surface area contributed by atoms with Gasteiger partial charge in [-0.05, 0) is 32.1 Å². The average molecular weight is 284 g/mol. The van der Waals surface area contributed by atoms with E-state index in [0.717, 1.165) is 19.3 Å². The fraction of sp³-hybridized carbons (Fsp3) is 0.846. The highest BCUT2D eigenvalue weighted by atomic mass is 16.5. The Balaban J connectivity index is 1.36. The Morgan fingerprint density at radius 1 is 1.15 bits per heavy atom. The van der Waals surface area contributed by atoms with Gasteiger partial charge in [0.05, 0.1) is 24.4 Å². The van der Waals surface area contributed by atoms with Crippen LogP contribution in [-0.2, 0) is 14.3 Å². The van der Waals surface area contributed by atoms with Crippen molar-refractivity contribution in [2.75, 3.05) is 6.54 Å². The topological polar surface area (TPSA) is 96.9 Å². The maximum Gasteiger partial charge on any atom is 0.332 e. The van der Waals surface area contributed by atoms with Crippen molar-refractivity contribution in [1.29, 1.82) is 0 Å². The summed E-state index contributed by atoms with van der Waals surface area (Å²) in [4.78, 5) is 22.5. The van der Waals surface area contributed by atoms with Gasteiger partial charge in [0.1, 0.15) is 0 Å². The van der Waals surface area contributed by atoms with Crippen molar-refractivity contribution >= 4 is 12.0 Å². The number of rotatable bonds is 4. The maximum absolute atomic E-state index is 11.8. The molecule has 2 bridgehead atoms. The van der Waals surface area contributed by atoms with E-state index in [-0.39, 0.29) is 24.3 Å². The second kappa shape index (κ2) is 5.57. The number of fused-ring (bicyclic) bond motifs is 2. The predicted octanol–water partition coefficient (Wildman–Crippen LogP) is 0.238. The van der Waals surface area contributed by atoms with Gasteiger partial charge in [-0.3, -0.25) is 0 Å². The molecule has 3 fully saturated rings. The van der Waals surface area contributed by atoms with Gasteiger partial charge in [-0.25, -0.2) is 9.59 Å². The number of nitrogens with one attached hydrogen (secondary N) is 2. The molecular weight excluding hydrogens is 264 g/mol. The van der Waals surface area contributed by atoms with Crippen molar-refractivity contribution in [2.24, 2.45) is 0 Å². The summed E-state index contributed by atoms with van der Waals surface area (Å²) < 4.78 is 11.0. The summed E-state index contributed by atoms with van der Waals surface area (Å²) in [6.07, 6.45) is 3.68. The molecule has 3 rings (SSSR count). The fourth-order valence-corrected chi connectivity index (χ4v) is 3.25. The van der Waals surface area contributed by atoms with Gasteiger partial charge in [-0.15, -0.1) is 0 Å². The van der Waals surface area contributed by atoms with Crippen LogP contribution in [0.25, 0.3) is 0 Å². The van der Waals surface area contributed by atoms with Gasteiger partial charge >= 0.3 is 12.0 Å². The number of ether oxygens (including phenoxy) is 2. The van der Waals surface area contributed by atoms with Crippen LogP contribution in [0.3, 0.4) is 0 Å². The Labute approximate surface area is 117 Å². The minimum absolute atomic E-state index is 0.102. The first-order valence-electron chi connectivity index (χ1n) is 7.20. The van der Waals surface area contributed by atoms with Gasteiger partial charge in [0.25, 0.3) is 0 Å². The van der Waals surface area contributed by atoms with Crippen molar-refractivity contribution in [1.82, 2.24) is 10.6 Å². The van der Waals surface area contributed by atoms with Gasteiger partial charge in [0, 0.05) is 6.54 Å². The minimum atomic E-state index is -0.934. The summed E-state index contributed by atoms with van der Waals surface area (Å²) >= 11 is 0. The zero-order valence-corrected chi connectivity index (χ0v) is 11.2. The first-order valence-corrected chi connectivity index (χ1v) is 7.20. The number of hydrogen-bond acceptors (Lipinski definition) is 4. The molecule has 0 aromatic heterocycles. The maximum atomic E-state index is 11.8. The van der Waals surface area contributed by atoms with Crippen LogP contribution in [0.5, 0.6) is 0 Å². The summed E-state index contributed by atoms with van der Waals surface area (Å²) in [5.74, 6) is -0.934. The Kier molecular flexibility index (Phi) is 3.80. The molecule has 0 saturated carbocycles. The number of carbonyl (C=O) groups is 2. The number of carbonyl (C=O) groups excluding carboxylic acids is 1. The third kappa shape index (κ3) is 2.88. The zero-order valence-electron chi connectivity index (χ0n) is 11.2. The SMILES string of the molecule is O=C(NCC1CCC(C(=O)O)O1)NC1CC2CCC1O2. The summed E-state index contributed by atoms with van der Waals surface area (Å²) in [6.45, 7) is 0.345. The fourth-order valence-electron chi connectivity index (χ4n) is 3.25. The molecule has 5 unspecified atom stereocenters. The standard InChI is InChI=1S/C13H20N2O5/c16-12(17)11-4-2-8(20-11)6-14-13(18)15-9-5-7-1-3-10(9)19-7/h7-11H,1-6H2,(H,16,17)(H2,14,15,18). The molecule has 3 aliphatic rings. The minimum Gasteiger partial charge on any atom is -0.479 e. The zero-order chi connectivity index (χ0) is 14.1. The van der Waals surface area contributed by atoms with E-state index >= 15 is 0 Å². The van der Waals surface area contributed by atoms with Gasteiger partial charge in [0.15, 0.2) is 6.10 Å². The summed E-state index contributed by atoms with van der Waals surface area (Å²) in [6, 6.07) is -0.126. The molecule has 112 valence electrons. The average Bonchev–Trinajstić information content (AvgIpc) is 3.12. The highest BCUT2D eigenvalue weighted by Gasteiger charge is 2.41. The van der Waals surface area contributed by atoms with E-state index in [9.17, 15) is 9.59 Å². The molecule has 2 amide bonds. The van der Waals surface area contributed by atoms with Crippen LogP contribution in [0.4, 0.5) is 4.79 Å². The van der Waals surface area contributed by atoms with Gasteiger partial charge < -0.3 is 25.2 Å². The van der Waals surface area contributed by atoms with Gasteiger partial charge in [0.2, 0.25) is 0 Å². The Bertz CT molecular complexity index is 402.